The van der Waals surface area contributed by atoms with Gasteiger partial charge in [0.15, 0.2) is 0 Å². The molecule has 0 aromatic carbocycles. The third-order valence-corrected chi connectivity index (χ3v) is 6.74. The normalized spacial score (nSPS) is 19.7. The van der Waals surface area contributed by atoms with Gasteiger partial charge in [0.05, 0.1) is 11.5 Å². The minimum absolute atomic E-state index is 0.00679. The van der Waals surface area contributed by atoms with Gasteiger partial charge in [-0.2, -0.15) is 0 Å². The number of nitrogen functional groups attached to an aromatic ring is 1. The van der Waals surface area contributed by atoms with Gasteiger partial charge < -0.3 is 16.1 Å². The molecule has 3 N–H and O–H groups in total. The molecule has 2 amide bonds. The van der Waals surface area contributed by atoms with E-state index in [0.29, 0.717) is 29.3 Å². The number of thioether (sulfide) groups is 2. The van der Waals surface area contributed by atoms with Crippen LogP contribution in [0.4, 0.5) is 0 Å². The maximum absolute atomic E-state index is 12.2. The lowest BCUT2D eigenvalue weighted by Gasteiger charge is -2.29. The quantitative estimate of drug-likeness (QED) is 0.468. The van der Waals surface area contributed by atoms with Crippen LogP contribution in [0.2, 0.25) is 0 Å². The Balaban J connectivity index is 1.80. The first-order valence-corrected chi connectivity index (χ1v) is 11.5. The summed E-state index contributed by atoms with van der Waals surface area (Å²) in [6.45, 7) is 7.45. The molecule has 0 bridgehead atoms. The summed E-state index contributed by atoms with van der Waals surface area (Å²) < 4.78 is 1.35. The highest BCUT2D eigenvalue weighted by Gasteiger charge is 2.23. The number of hydrogen-bond acceptors (Lipinski definition) is 7. The van der Waals surface area contributed by atoms with Crippen molar-refractivity contribution < 1.29 is 9.59 Å². The monoisotopic (exact) mass is 414 g/mol. The van der Waals surface area contributed by atoms with E-state index in [0.717, 1.165) is 6.42 Å². The van der Waals surface area contributed by atoms with Crippen molar-refractivity contribution in [3.8, 4) is 0 Å². The van der Waals surface area contributed by atoms with E-state index < -0.39 is 0 Å². The van der Waals surface area contributed by atoms with Crippen molar-refractivity contribution in [1.82, 2.24) is 25.1 Å². The molecule has 10 heteroatoms. The Morgan fingerprint density at radius 3 is 2.33 bits per heavy atom. The van der Waals surface area contributed by atoms with E-state index in [1.807, 2.05) is 13.8 Å². The van der Waals surface area contributed by atoms with Gasteiger partial charge >= 0.3 is 0 Å². The van der Waals surface area contributed by atoms with Crippen LogP contribution < -0.4 is 11.2 Å². The fraction of sp³-hybridized carbons (Fsp3) is 0.765. The molecule has 2 rings (SSSR count). The predicted octanol–water partition coefficient (Wildman–Crippen LogP) is 1.74. The molecule has 8 nitrogen and oxygen atoms in total. The van der Waals surface area contributed by atoms with Gasteiger partial charge in [-0.1, -0.05) is 43.3 Å². The molecular formula is C17H30N6O2S2. The second-order valence-corrected chi connectivity index (χ2v) is 8.60. The van der Waals surface area contributed by atoms with Crippen molar-refractivity contribution in [3.05, 3.63) is 0 Å². The van der Waals surface area contributed by atoms with Crippen molar-refractivity contribution in [3.63, 3.8) is 0 Å². The van der Waals surface area contributed by atoms with Crippen molar-refractivity contribution in [2.24, 2.45) is 5.92 Å². The van der Waals surface area contributed by atoms with Crippen molar-refractivity contribution >= 4 is 35.3 Å². The number of nitrogens with one attached hydrogen (secondary N) is 1. The maximum Gasteiger partial charge on any atom is 0.233 e. The number of nitrogens with two attached hydrogens (primary N) is 1. The summed E-state index contributed by atoms with van der Waals surface area (Å²) in [5.74, 6) is 7.10. The number of hydrogen-bond donors (Lipinski definition) is 2. The number of carbonyl (C=O) groups excluding carboxylic acids is 2. The molecule has 1 fully saturated rings. The van der Waals surface area contributed by atoms with Crippen LogP contribution in [0.3, 0.4) is 0 Å². The molecule has 2 atom stereocenters. The van der Waals surface area contributed by atoms with E-state index in [4.69, 9.17) is 5.84 Å². The summed E-state index contributed by atoms with van der Waals surface area (Å²) in [4.78, 5) is 26.1. The van der Waals surface area contributed by atoms with Gasteiger partial charge in [-0.3, -0.25) is 9.59 Å². The van der Waals surface area contributed by atoms with Gasteiger partial charge in [-0.25, -0.2) is 4.68 Å². The number of carbonyl (C=O) groups is 2. The summed E-state index contributed by atoms with van der Waals surface area (Å²) in [5.41, 5.74) is 0. The number of amides is 2. The van der Waals surface area contributed by atoms with Crippen LogP contribution in [0.1, 0.15) is 46.5 Å². The predicted molar refractivity (Wildman–Crippen MR) is 109 cm³/mol. The Bertz CT molecular complexity index is 635. The molecule has 1 aliphatic carbocycles. The second kappa shape index (κ2) is 10.8. The Hall–Kier alpha value is -1.42. The van der Waals surface area contributed by atoms with E-state index >= 15 is 0 Å². The molecule has 1 aromatic heterocycles. The van der Waals surface area contributed by atoms with Crippen molar-refractivity contribution in [1.29, 1.82) is 0 Å². The smallest absolute Gasteiger partial charge is 0.233 e. The fourth-order valence-electron chi connectivity index (χ4n) is 3.16. The summed E-state index contributed by atoms with van der Waals surface area (Å²) in [6, 6.07) is 0.264. The van der Waals surface area contributed by atoms with Gasteiger partial charge in [0.1, 0.15) is 0 Å². The molecule has 0 aliphatic heterocycles. The van der Waals surface area contributed by atoms with Crippen LogP contribution in [0.5, 0.6) is 0 Å². The molecule has 0 unspecified atom stereocenters. The number of aromatic nitrogens is 3. The largest absolute Gasteiger partial charge is 0.352 e. The SMILES string of the molecule is CCN(CC)C(=O)CSc1nnc(SCC(=O)N[C@H]2CCCC[C@@H]2C)n1N. The zero-order valence-electron chi connectivity index (χ0n) is 16.3. The van der Waals surface area contributed by atoms with Crippen LogP contribution in [0, 0.1) is 5.92 Å². The average Bonchev–Trinajstić information content (AvgIpc) is 3.01. The topological polar surface area (TPSA) is 106 Å². The molecule has 1 saturated carbocycles. The lowest BCUT2D eigenvalue weighted by Crippen LogP contribution is -2.41. The number of rotatable bonds is 9. The third-order valence-electron chi connectivity index (χ3n) is 4.86. The number of nitrogens with zero attached hydrogens (tertiary/aromatic N) is 4. The second-order valence-electron chi connectivity index (χ2n) is 6.71. The van der Waals surface area contributed by atoms with E-state index in [1.54, 1.807) is 4.90 Å². The highest BCUT2D eigenvalue weighted by atomic mass is 32.2. The zero-order chi connectivity index (χ0) is 19.8. The van der Waals surface area contributed by atoms with Crippen LogP contribution >= 0.6 is 23.5 Å². The molecular weight excluding hydrogens is 384 g/mol. The van der Waals surface area contributed by atoms with E-state index in [2.05, 4.69) is 22.4 Å². The molecule has 0 radical (unpaired) electrons. The zero-order valence-corrected chi connectivity index (χ0v) is 17.9. The van der Waals surface area contributed by atoms with Crippen molar-refractivity contribution in [2.75, 3.05) is 30.4 Å². The Morgan fingerprint density at radius 2 is 1.74 bits per heavy atom. The lowest BCUT2D eigenvalue weighted by molar-refractivity contribution is -0.128. The van der Waals surface area contributed by atoms with Gasteiger partial charge in [-0.05, 0) is 32.6 Å². The van der Waals surface area contributed by atoms with Gasteiger partial charge in [0, 0.05) is 19.1 Å². The third kappa shape index (κ3) is 6.31. The summed E-state index contributed by atoms with van der Waals surface area (Å²) in [5, 5.41) is 12.1. The highest BCUT2D eigenvalue weighted by Crippen LogP contribution is 2.24. The molecule has 1 heterocycles. The van der Waals surface area contributed by atoms with Crippen LogP contribution in [-0.4, -0.2) is 62.2 Å². The molecule has 0 saturated heterocycles. The Labute approximate surface area is 169 Å². The van der Waals surface area contributed by atoms with Gasteiger partial charge in [-0.15, -0.1) is 10.2 Å². The Kier molecular flexibility index (Phi) is 8.75. The molecule has 27 heavy (non-hydrogen) atoms. The van der Waals surface area contributed by atoms with Crippen LogP contribution in [0.15, 0.2) is 10.3 Å². The first-order valence-electron chi connectivity index (χ1n) is 9.49. The molecule has 0 spiro atoms. The van der Waals surface area contributed by atoms with Crippen LogP contribution in [-0.2, 0) is 9.59 Å². The summed E-state index contributed by atoms with van der Waals surface area (Å²) >= 11 is 2.52. The first-order chi connectivity index (χ1) is 13.0. The minimum atomic E-state index is -0.00679. The molecule has 1 aromatic rings. The lowest BCUT2D eigenvalue weighted by atomic mass is 9.86. The van der Waals surface area contributed by atoms with Gasteiger partial charge in [0.2, 0.25) is 22.1 Å². The van der Waals surface area contributed by atoms with Gasteiger partial charge in [0.25, 0.3) is 0 Å². The standard InChI is InChI=1S/C17H30N6O2S2/c1-4-22(5-2)15(25)11-27-17-21-20-16(23(17)18)26-10-14(24)19-13-9-7-6-8-12(13)3/h12-13H,4-11,18H2,1-3H3,(H,19,24)/t12-,13-/m0/s1. The minimum Gasteiger partial charge on any atom is -0.352 e. The highest BCUT2D eigenvalue weighted by molar-refractivity contribution is 8.00. The van der Waals surface area contributed by atoms with E-state index in [1.165, 1.54) is 47.5 Å². The summed E-state index contributed by atoms with van der Waals surface area (Å²) in [6.07, 6.45) is 4.64. The molecule has 1 aliphatic rings. The summed E-state index contributed by atoms with van der Waals surface area (Å²) in [7, 11) is 0. The molecule has 152 valence electrons. The Morgan fingerprint density at radius 1 is 1.15 bits per heavy atom. The average molecular weight is 415 g/mol. The van der Waals surface area contributed by atoms with E-state index in [9.17, 15) is 9.59 Å². The van der Waals surface area contributed by atoms with E-state index in [-0.39, 0.29) is 29.4 Å². The maximum atomic E-state index is 12.2. The fourth-order valence-corrected chi connectivity index (χ4v) is 4.65. The van der Waals surface area contributed by atoms with Crippen LogP contribution in [0.25, 0.3) is 0 Å². The first kappa shape index (κ1) is 21.9. The van der Waals surface area contributed by atoms with Crippen molar-refractivity contribution in [2.45, 2.75) is 62.8 Å².